The summed E-state index contributed by atoms with van der Waals surface area (Å²) in [4.78, 5) is 28.8. The van der Waals surface area contributed by atoms with Gasteiger partial charge >= 0.3 is 6.03 Å². The largest absolute Gasteiger partial charge is 0.368 e. The fourth-order valence-corrected chi connectivity index (χ4v) is 3.70. The Labute approximate surface area is 177 Å². The molecule has 6 nitrogen and oxygen atoms in total. The van der Waals surface area contributed by atoms with Crippen LogP contribution in [-0.2, 0) is 4.79 Å². The lowest BCUT2D eigenvalue weighted by atomic mass is 10.0. The smallest absolute Gasteiger partial charge is 0.323 e. The summed E-state index contributed by atoms with van der Waals surface area (Å²) >= 11 is 0. The molecule has 0 unspecified atom stereocenters. The quantitative estimate of drug-likeness (QED) is 0.731. The number of hydrogen-bond donors (Lipinski definition) is 2. The molecule has 1 fully saturated rings. The van der Waals surface area contributed by atoms with Crippen molar-refractivity contribution in [3.05, 3.63) is 54.3 Å². The van der Waals surface area contributed by atoms with Crippen molar-refractivity contribution >= 4 is 29.0 Å². The Kier molecular flexibility index (Phi) is 7.27. The number of carbonyl (C=O) groups excluding carboxylic acids is 2. The minimum atomic E-state index is -0.429. The number of rotatable bonds is 6. The molecule has 1 aliphatic rings. The van der Waals surface area contributed by atoms with E-state index in [0.717, 1.165) is 44.7 Å². The fourth-order valence-electron chi connectivity index (χ4n) is 3.70. The lowest BCUT2D eigenvalue weighted by Gasteiger charge is -2.37. The lowest BCUT2D eigenvalue weighted by Crippen LogP contribution is -2.50. The summed E-state index contributed by atoms with van der Waals surface area (Å²) in [6.45, 7) is 7.17. The second-order valence-electron chi connectivity index (χ2n) is 7.46. The molecule has 30 heavy (non-hydrogen) atoms. The first kappa shape index (κ1) is 21.6. The highest BCUT2D eigenvalue weighted by Gasteiger charge is 2.25. The third-order valence-electron chi connectivity index (χ3n) is 5.50. The predicted molar refractivity (Wildman–Crippen MR) is 118 cm³/mol. The number of halogens is 1. The van der Waals surface area contributed by atoms with E-state index >= 15 is 0 Å². The molecular weight excluding hydrogens is 383 g/mol. The van der Waals surface area contributed by atoms with Crippen LogP contribution >= 0.6 is 0 Å². The molecule has 0 spiro atoms. The number of nitrogens with zero attached hydrogens (tertiary/aromatic N) is 2. The van der Waals surface area contributed by atoms with Crippen LogP contribution in [0.4, 0.5) is 26.2 Å². The zero-order valence-corrected chi connectivity index (χ0v) is 17.5. The Hall–Kier alpha value is -3.09. The topological polar surface area (TPSA) is 64.7 Å². The molecule has 0 aliphatic carbocycles. The van der Waals surface area contributed by atoms with Crippen molar-refractivity contribution in [2.24, 2.45) is 5.92 Å². The van der Waals surface area contributed by atoms with Gasteiger partial charge in [-0.3, -0.25) is 4.79 Å². The number of nitrogens with one attached hydrogen (secondary N) is 2. The Morgan fingerprint density at radius 2 is 1.57 bits per heavy atom. The van der Waals surface area contributed by atoms with Gasteiger partial charge in [0.25, 0.3) is 0 Å². The minimum absolute atomic E-state index is 0.125. The summed E-state index contributed by atoms with van der Waals surface area (Å²) in [6.07, 6.45) is 1.77. The molecule has 2 aromatic carbocycles. The molecule has 0 atom stereocenters. The number of carbonyl (C=O) groups is 2. The molecule has 2 N–H and O–H groups in total. The van der Waals surface area contributed by atoms with E-state index in [-0.39, 0.29) is 11.8 Å². The SMILES string of the molecule is CCC(CC)C(=O)N1CCN(c2ccc(NC(=O)Nc3cccc(F)c3)cc2)CC1. The first-order valence-electron chi connectivity index (χ1n) is 10.5. The Balaban J connectivity index is 1.51. The van der Waals surface area contributed by atoms with Gasteiger partial charge in [0.1, 0.15) is 5.82 Å². The van der Waals surface area contributed by atoms with Crippen LogP contribution in [0.2, 0.25) is 0 Å². The van der Waals surface area contributed by atoms with Crippen molar-refractivity contribution in [3.63, 3.8) is 0 Å². The van der Waals surface area contributed by atoms with E-state index in [4.69, 9.17) is 0 Å². The van der Waals surface area contributed by atoms with Gasteiger partial charge in [-0.2, -0.15) is 0 Å². The predicted octanol–water partition coefficient (Wildman–Crippen LogP) is 4.55. The van der Waals surface area contributed by atoms with Crippen molar-refractivity contribution in [1.29, 1.82) is 0 Å². The minimum Gasteiger partial charge on any atom is -0.368 e. The number of anilines is 3. The number of urea groups is 1. The van der Waals surface area contributed by atoms with Gasteiger partial charge in [-0.15, -0.1) is 0 Å². The van der Waals surface area contributed by atoms with Gasteiger partial charge in [-0.25, -0.2) is 9.18 Å². The highest BCUT2D eigenvalue weighted by Crippen LogP contribution is 2.21. The first-order chi connectivity index (χ1) is 14.5. The molecule has 1 aliphatic heterocycles. The van der Waals surface area contributed by atoms with Gasteiger partial charge in [0.05, 0.1) is 0 Å². The third-order valence-corrected chi connectivity index (χ3v) is 5.50. The molecule has 3 amide bonds. The lowest BCUT2D eigenvalue weighted by molar-refractivity contribution is -0.136. The van der Waals surface area contributed by atoms with Crippen LogP contribution in [0.3, 0.4) is 0 Å². The van der Waals surface area contributed by atoms with Gasteiger partial charge in [0, 0.05) is 49.2 Å². The van der Waals surface area contributed by atoms with Crippen LogP contribution in [0.5, 0.6) is 0 Å². The molecule has 0 aromatic heterocycles. The number of amides is 3. The molecule has 1 saturated heterocycles. The van der Waals surface area contributed by atoms with Crippen molar-refractivity contribution in [2.45, 2.75) is 26.7 Å². The Bertz CT molecular complexity index is 860. The van der Waals surface area contributed by atoms with E-state index in [1.54, 1.807) is 6.07 Å². The van der Waals surface area contributed by atoms with E-state index in [1.165, 1.54) is 18.2 Å². The average Bonchev–Trinajstić information content (AvgIpc) is 2.75. The zero-order chi connectivity index (χ0) is 21.5. The summed E-state index contributed by atoms with van der Waals surface area (Å²) in [6, 6.07) is 12.9. The summed E-state index contributed by atoms with van der Waals surface area (Å²) in [7, 11) is 0. The highest BCUT2D eigenvalue weighted by molar-refractivity contribution is 5.99. The molecular formula is C23H29FN4O2. The van der Waals surface area contributed by atoms with Gasteiger partial charge in [0.2, 0.25) is 5.91 Å². The maximum Gasteiger partial charge on any atom is 0.323 e. The number of benzene rings is 2. The van der Waals surface area contributed by atoms with E-state index < -0.39 is 11.8 Å². The summed E-state index contributed by atoms with van der Waals surface area (Å²) < 4.78 is 13.2. The first-order valence-corrected chi connectivity index (χ1v) is 10.5. The molecule has 0 saturated carbocycles. The van der Waals surface area contributed by atoms with Crippen LogP contribution < -0.4 is 15.5 Å². The molecule has 0 radical (unpaired) electrons. The molecule has 0 bridgehead atoms. The van der Waals surface area contributed by atoms with E-state index in [9.17, 15) is 14.0 Å². The molecule has 7 heteroatoms. The maximum absolute atomic E-state index is 13.2. The van der Waals surface area contributed by atoms with Gasteiger partial charge < -0.3 is 20.4 Å². The molecule has 3 rings (SSSR count). The van der Waals surface area contributed by atoms with Crippen molar-refractivity contribution < 1.29 is 14.0 Å². The van der Waals surface area contributed by atoms with Crippen molar-refractivity contribution in [2.75, 3.05) is 41.7 Å². The van der Waals surface area contributed by atoms with Crippen LogP contribution in [-0.4, -0.2) is 43.0 Å². The fraction of sp³-hybridized carbons (Fsp3) is 0.391. The Morgan fingerprint density at radius 1 is 0.933 bits per heavy atom. The Morgan fingerprint density at radius 3 is 2.17 bits per heavy atom. The van der Waals surface area contributed by atoms with Gasteiger partial charge in [-0.05, 0) is 55.3 Å². The number of piperazine rings is 1. The van der Waals surface area contributed by atoms with Gasteiger partial charge in [0.15, 0.2) is 0 Å². The standard InChI is InChI=1S/C23H29FN4O2/c1-3-17(4-2)22(29)28-14-12-27(13-15-28)21-10-8-19(9-11-21)25-23(30)26-20-7-5-6-18(24)16-20/h5-11,16-17H,3-4,12-15H2,1-2H3,(H2,25,26,30). The van der Waals surface area contributed by atoms with Crippen LogP contribution in [0, 0.1) is 11.7 Å². The van der Waals surface area contributed by atoms with Crippen molar-refractivity contribution in [1.82, 2.24) is 4.90 Å². The zero-order valence-electron chi connectivity index (χ0n) is 17.5. The summed E-state index contributed by atoms with van der Waals surface area (Å²) in [5.41, 5.74) is 2.10. The van der Waals surface area contributed by atoms with E-state index in [0.29, 0.717) is 11.4 Å². The normalized spacial score (nSPS) is 14.0. The summed E-state index contributed by atoms with van der Waals surface area (Å²) in [5, 5.41) is 5.35. The molecule has 1 heterocycles. The van der Waals surface area contributed by atoms with Crippen molar-refractivity contribution in [3.8, 4) is 0 Å². The van der Waals surface area contributed by atoms with Gasteiger partial charge in [-0.1, -0.05) is 19.9 Å². The van der Waals surface area contributed by atoms with E-state index in [2.05, 4.69) is 29.4 Å². The van der Waals surface area contributed by atoms with Crippen LogP contribution in [0.1, 0.15) is 26.7 Å². The van der Waals surface area contributed by atoms with E-state index in [1.807, 2.05) is 29.2 Å². The summed E-state index contributed by atoms with van der Waals surface area (Å²) in [5.74, 6) is -0.0113. The average molecular weight is 413 g/mol. The second-order valence-corrected chi connectivity index (χ2v) is 7.46. The molecule has 160 valence electrons. The monoisotopic (exact) mass is 412 g/mol. The third kappa shape index (κ3) is 5.49. The van der Waals surface area contributed by atoms with Crippen LogP contribution in [0.25, 0.3) is 0 Å². The molecule has 2 aromatic rings. The highest BCUT2D eigenvalue weighted by atomic mass is 19.1. The maximum atomic E-state index is 13.2. The number of hydrogen-bond acceptors (Lipinski definition) is 3. The van der Waals surface area contributed by atoms with Crippen LogP contribution in [0.15, 0.2) is 48.5 Å². The second kappa shape index (κ2) is 10.1.